The van der Waals surface area contributed by atoms with Crippen molar-refractivity contribution in [2.75, 3.05) is 0 Å². The molecule has 22 heavy (non-hydrogen) atoms. The van der Waals surface area contributed by atoms with E-state index in [1.165, 1.54) is 0 Å². The summed E-state index contributed by atoms with van der Waals surface area (Å²) in [5, 5.41) is 13.2. The zero-order valence-electron chi connectivity index (χ0n) is 11.5. The lowest BCUT2D eigenvalue weighted by Crippen LogP contribution is -2.24. The third-order valence-electron chi connectivity index (χ3n) is 2.84. The second-order valence-electron chi connectivity index (χ2n) is 4.52. The molecule has 0 radical (unpaired) electrons. The summed E-state index contributed by atoms with van der Waals surface area (Å²) in [6.45, 7) is 1.87. The molecule has 8 heteroatoms. The van der Waals surface area contributed by atoms with Gasteiger partial charge in [0.25, 0.3) is 0 Å². The smallest absolute Gasteiger partial charge is 0.347 e. The number of halogens is 2. The molecule has 5 nitrogen and oxygen atoms in total. The molecule has 0 fully saturated rings. The van der Waals surface area contributed by atoms with Gasteiger partial charge < -0.3 is 10.4 Å². The fraction of sp³-hybridized carbons (Fsp3) is 0.214. The van der Waals surface area contributed by atoms with Crippen molar-refractivity contribution in [1.29, 1.82) is 0 Å². The first-order valence-corrected chi connectivity index (χ1v) is 7.84. The maximum absolute atomic E-state index is 11.9. The van der Waals surface area contributed by atoms with Gasteiger partial charge >= 0.3 is 5.97 Å². The standard InChI is InChI=1S/C14H12Cl2N2O3S/c1-7-13(14(20)21)22-12(18-7)5-11(19)17-6-8-2-3-9(15)4-10(8)16/h2-4H,5-6H2,1H3,(H,17,19)(H,20,21). The van der Waals surface area contributed by atoms with E-state index in [1.54, 1.807) is 25.1 Å². The highest BCUT2D eigenvalue weighted by Crippen LogP contribution is 2.21. The van der Waals surface area contributed by atoms with E-state index in [-0.39, 0.29) is 23.7 Å². The van der Waals surface area contributed by atoms with Crippen molar-refractivity contribution in [2.24, 2.45) is 0 Å². The number of aromatic nitrogens is 1. The van der Waals surface area contributed by atoms with Gasteiger partial charge in [0.1, 0.15) is 9.88 Å². The number of benzene rings is 1. The number of nitrogens with one attached hydrogen (secondary N) is 1. The zero-order chi connectivity index (χ0) is 16.3. The fourth-order valence-electron chi connectivity index (χ4n) is 1.79. The van der Waals surface area contributed by atoms with E-state index in [1.807, 2.05) is 0 Å². The van der Waals surface area contributed by atoms with Crippen molar-refractivity contribution in [3.63, 3.8) is 0 Å². The lowest BCUT2D eigenvalue weighted by atomic mass is 10.2. The van der Waals surface area contributed by atoms with Gasteiger partial charge in [0.2, 0.25) is 5.91 Å². The van der Waals surface area contributed by atoms with Crippen molar-refractivity contribution < 1.29 is 14.7 Å². The van der Waals surface area contributed by atoms with Crippen LogP contribution in [0.25, 0.3) is 0 Å². The number of hydrogen-bond donors (Lipinski definition) is 2. The average Bonchev–Trinajstić information content (AvgIpc) is 2.78. The van der Waals surface area contributed by atoms with Crippen LogP contribution >= 0.6 is 34.5 Å². The van der Waals surface area contributed by atoms with Crippen molar-refractivity contribution in [3.05, 3.63) is 49.4 Å². The molecule has 1 aromatic heterocycles. The summed E-state index contributed by atoms with van der Waals surface area (Å²) in [6, 6.07) is 5.03. The summed E-state index contributed by atoms with van der Waals surface area (Å²) < 4.78 is 0. The predicted octanol–water partition coefficient (Wildman–Crippen LogP) is 3.32. The third kappa shape index (κ3) is 4.19. The van der Waals surface area contributed by atoms with Gasteiger partial charge in [-0.2, -0.15) is 0 Å². The second-order valence-corrected chi connectivity index (χ2v) is 6.44. The number of carbonyl (C=O) groups excluding carboxylic acids is 1. The van der Waals surface area contributed by atoms with Crippen LogP contribution in [0, 0.1) is 6.92 Å². The van der Waals surface area contributed by atoms with Crippen molar-refractivity contribution in [2.45, 2.75) is 19.9 Å². The van der Waals surface area contributed by atoms with Crippen LogP contribution in [0.15, 0.2) is 18.2 Å². The van der Waals surface area contributed by atoms with E-state index < -0.39 is 5.97 Å². The number of hydrogen-bond acceptors (Lipinski definition) is 4. The molecule has 0 atom stereocenters. The lowest BCUT2D eigenvalue weighted by Gasteiger charge is -2.06. The van der Waals surface area contributed by atoms with E-state index >= 15 is 0 Å². The van der Waals surface area contributed by atoms with Crippen LogP contribution in [-0.4, -0.2) is 22.0 Å². The summed E-state index contributed by atoms with van der Waals surface area (Å²) in [7, 11) is 0. The Balaban J connectivity index is 1.96. The molecule has 116 valence electrons. The van der Waals surface area contributed by atoms with Gasteiger partial charge in [0.05, 0.1) is 12.1 Å². The number of nitrogens with zero attached hydrogens (tertiary/aromatic N) is 1. The topological polar surface area (TPSA) is 79.3 Å². The van der Waals surface area contributed by atoms with Crippen LogP contribution in [0.4, 0.5) is 0 Å². The number of aryl methyl sites for hydroxylation is 1. The van der Waals surface area contributed by atoms with Crippen LogP contribution in [-0.2, 0) is 17.8 Å². The van der Waals surface area contributed by atoms with Gasteiger partial charge in [-0.15, -0.1) is 11.3 Å². The number of carboxylic acids is 1. The van der Waals surface area contributed by atoms with Gasteiger partial charge in [0, 0.05) is 16.6 Å². The average molecular weight is 359 g/mol. The maximum atomic E-state index is 11.9. The van der Waals surface area contributed by atoms with Crippen molar-refractivity contribution in [3.8, 4) is 0 Å². The number of rotatable bonds is 5. The van der Waals surface area contributed by atoms with E-state index in [4.69, 9.17) is 28.3 Å². The van der Waals surface area contributed by atoms with Gasteiger partial charge in [-0.1, -0.05) is 29.3 Å². The first kappa shape index (κ1) is 16.7. The van der Waals surface area contributed by atoms with E-state index in [0.29, 0.717) is 20.7 Å². The molecule has 0 aliphatic rings. The molecule has 0 saturated carbocycles. The molecule has 2 rings (SSSR count). The van der Waals surface area contributed by atoms with Gasteiger partial charge in [-0.05, 0) is 24.6 Å². The maximum Gasteiger partial charge on any atom is 0.347 e. The lowest BCUT2D eigenvalue weighted by molar-refractivity contribution is -0.120. The Morgan fingerprint density at radius 3 is 2.68 bits per heavy atom. The summed E-state index contributed by atoms with van der Waals surface area (Å²) in [6.07, 6.45) is 0.0317. The van der Waals surface area contributed by atoms with Crippen LogP contribution in [0.5, 0.6) is 0 Å². The zero-order valence-corrected chi connectivity index (χ0v) is 13.8. The highest BCUT2D eigenvalue weighted by molar-refractivity contribution is 7.13. The molecule has 0 aliphatic heterocycles. The predicted molar refractivity (Wildman–Crippen MR) is 85.8 cm³/mol. The Morgan fingerprint density at radius 1 is 1.36 bits per heavy atom. The fourth-order valence-corrected chi connectivity index (χ4v) is 3.16. The number of carboxylic acid groups (broad SMARTS) is 1. The Bertz CT molecular complexity index is 731. The van der Waals surface area contributed by atoms with Crippen molar-refractivity contribution >= 4 is 46.4 Å². The Labute approximate surface area is 140 Å². The first-order valence-electron chi connectivity index (χ1n) is 6.27. The molecular weight excluding hydrogens is 347 g/mol. The Hall–Kier alpha value is -1.63. The van der Waals surface area contributed by atoms with E-state index in [2.05, 4.69) is 10.3 Å². The number of carbonyl (C=O) groups is 2. The molecule has 0 saturated heterocycles. The summed E-state index contributed by atoms with van der Waals surface area (Å²) in [5.41, 5.74) is 1.17. The molecule has 1 heterocycles. The SMILES string of the molecule is Cc1nc(CC(=O)NCc2ccc(Cl)cc2Cl)sc1C(=O)O. The molecule has 0 unspecified atom stereocenters. The van der Waals surface area contributed by atoms with Crippen LogP contribution in [0.2, 0.25) is 10.0 Å². The number of aromatic carboxylic acids is 1. The normalized spacial score (nSPS) is 10.5. The number of thiazole rings is 1. The third-order valence-corrected chi connectivity index (χ3v) is 4.57. The van der Waals surface area contributed by atoms with Gasteiger partial charge in [-0.25, -0.2) is 9.78 Å². The number of amides is 1. The van der Waals surface area contributed by atoms with Gasteiger partial charge in [0.15, 0.2) is 0 Å². The summed E-state index contributed by atoms with van der Waals surface area (Å²) in [4.78, 5) is 27.1. The highest BCUT2D eigenvalue weighted by atomic mass is 35.5. The minimum Gasteiger partial charge on any atom is -0.477 e. The minimum absolute atomic E-state index is 0.0317. The minimum atomic E-state index is -1.03. The van der Waals surface area contributed by atoms with Crippen LogP contribution < -0.4 is 5.32 Å². The highest BCUT2D eigenvalue weighted by Gasteiger charge is 2.16. The van der Waals surface area contributed by atoms with E-state index in [0.717, 1.165) is 16.9 Å². The summed E-state index contributed by atoms with van der Waals surface area (Å²) >= 11 is 12.8. The van der Waals surface area contributed by atoms with Crippen LogP contribution in [0.3, 0.4) is 0 Å². The molecule has 1 aromatic carbocycles. The molecule has 0 bridgehead atoms. The van der Waals surface area contributed by atoms with E-state index in [9.17, 15) is 9.59 Å². The monoisotopic (exact) mass is 358 g/mol. The summed E-state index contributed by atoms with van der Waals surface area (Å²) in [5.74, 6) is -1.29. The molecule has 0 aliphatic carbocycles. The van der Waals surface area contributed by atoms with Gasteiger partial charge in [-0.3, -0.25) is 4.79 Å². The molecular formula is C14H12Cl2N2O3S. The Morgan fingerprint density at radius 2 is 2.09 bits per heavy atom. The molecule has 2 aromatic rings. The quantitative estimate of drug-likeness (QED) is 0.858. The molecule has 1 amide bonds. The largest absolute Gasteiger partial charge is 0.477 e. The van der Waals surface area contributed by atoms with Crippen LogP contribution in [0.1, 0.15) is 25.9 Å². The van der Waals surface area contributed by atoms with Crippen molar-refractivity contribution in [1.82, 2.24) is 10.3 Å². The molecule has 2 N–H and O–H groups in total. The first-order chi connectivity index (χ1) is 10.4. The molecule has 0 spiro atoms. The Kier molecular flexibility index (Phi) is 5.39. The second kappa shape index (κ2) is 7.09.